The molecule has 1 aromatic heterocycles. The number of benzene rings is 1. The van der Waals surface area contributed by atoms with Crippen LogP contribution in [0.3, 0.4) is 0 Å². The average Bonchev–Trinajstić information content (AvgIpc) is 2.76. The van der Waals surface area contributed by atoms with Crippen LogP contribution in [0.1, 0.15) is 43.6 Å². The van der Waals surface area contributed by atoms with E-state index in [2.05, 4.69) is 50.5 Å². The number of nitrogens with two attached hydrogens (primary N) is 1. The average molecular weight is 271 g/mol. The molecule has 0 unspecified atom stereocenters. The van der Waals surface area contributed by atoms with Gasteiger partial charge in [0.1, 0.15) is 17.3 Å². The smallest absolute Gasteiger partial charge is 0.131 e. The number of aromatic nitrogens is 2. The second-order valence-corrected chi connectivity index (χ2v) is 5.37. The van der Waals surface area contributed by atoms with Crippen molar-refractivity contribution in [3.05, 3.63) is 35.2 Å². The van der Waals surface area contributed by atoms with Gasteiger partial charge in [-0.1, -0.05) is 38.5 Å². The van der Waals surface area contributed by atoms with Crippen molar-refractivity contribution in [3.63, 3.8) is 0 Å². The highest BCUT2D eigenvalue weighted by molar-refractivity contribution is 5.74. The summed E-state index contributed by atoms with van der Waals surface area (Å²) in [6.45, 7) is 9.56. The van der Waals surface area contributed by atoms with E-state index in [1.165, 1.54) is 17.5 Å². The summed E-state index contributed by atoms with van der Waals surface area (Å²) in [6, 6.07) is 6.32. The van der Waals surface area contributed by atoms with E-state index in [9.17, 15) is 0 Å². The van der Waals surface area contributed by atoms with Crippen molar-refractivity contribution in [3.8, 4) is 11.3 Å². The molecule has 3 heteroatoms. The number of rotatable bonds is 5. The third kappa shape index (κ3) is 2.58. The van der Waals surface area contributed by atoms with Gasteiger partial charge in [0.05, 0.1) is 0 Å². The molecule has 0 fully saturated rings. The first-order valence-corrected chi connectivity index (χ1v) is 7.51. The number of nitrogens with zero attached hydrogens (tertiary/aromatic N) is 2. The summed E-state index contributed by atoms with van der Waals surface area (Å²) in [5.41, 5.74) is 11.0. The normalized spacial score (nSPS) is 11.0. The molecule has 0 aliphatic rings. The molecule has 3 nitrogen and oxygen atoms in total. The lowest BCUT2D eigenvalue weighted by molar-refractivity contribution is 0.612. The van der Waals surface area contributed by atoms with Crippen LogP contribution in [0.4, 0.5) is 5.82 Å². The van der Waals surface area contributed by atoms with Crippen molar-refractivity contribution in [1.82, 2.24) is 9.55 Å². The molecule has 0 saturated heterocycles. The van der Waals surface area contributed by atoms with E-state index in [0.29, 0.717) is 0 Å². The van der Waals surface area contributed by atoms with E-state index in [1.807, 2.05) is 0 Å². The minimum absolute atomic E-state index is 0.809. The van der Waals surface area contributed by atoms with Crippen molar-refractivity contribution < 1.29 is 0 Å². The molecular weight excluding hydrogens is 246 g/mol. The van der Waals surface area contributed by atoms with Gasteiger partial charge in [-0.15, -0.1) is 0 Å². The summed E-state index contributed by atoms with van der Waals surface area (Å²) in [6.07, 6.45) is 3.22. The van der Waals surface area contributed by atoms with Crippen molar-refractivity contribution >= 4 is 5.82 Å². The van der Waals surface area contributed by atoms with Gasteiger partial charge < -0.3 is 10.3 Å². The molecular formula is C17H25N3. The molecule has 1 aromatic carbocycles. The fourth-order valence-electron chi connectivity index (χ4n) is 2.56. The first-order chi connectivity index (χ1) is 9.60. The first-order valence-electron chi connectivity index (χ1n) is 7.51. The zero-order chi connectivity index (χ0) is 14.7. The molecule has 0 bridgehead atoms. The summed E-state index contributed by atoms with van der Waals surface area (Å²) in [4.78, 5) is 4.79. The monoisotopic (exact) mass is 271 g/mol. The van der Waals surface area contributed by atoms with Crippen LogP contribution in [0.15, 0.2) is 18.2 Å². The minimum atomic E-state index is 0.809. The minimum Gasteiger partial charge on any atom is -0.383 e. The number of anilines is 1. The Morgan fingerprint density at radius 3 is 2.60 bits per heavy atom. The van der Waals surface area contributed by atoms with Gasteiger partial charge in [0.25, 0.3) is 0 Å². The molecule has 2 aromatic rings. The van der Waals surface area contributed by atoms with Gasteiger partial charge in [0.15, 0.2) is 0 Å². The third-order valence-electron chi connectivity index (χ3n) is 4.00. The Morgan fingerprint density at radius 2 is 1.95 bits per heavy atom. The highest BCUT2D eigenvalue weighted by Crippen LogP contribution is 2.30. The van der Waals surface area contributed by atoms with E-state index >= 15 is 0 Å². The third-order valence-corrected chi connectivity index (χ3v) is 4.00. The molecule has 20 heavy (non-hydrogen) atoms. The van der Waals surface area contributed by atoms with Gasteiger partial charge in [0.2, 0.25) is 0 Å². The van der Waals surface area contributed by atoms with Gasteiger partial charge in [-0.3, -0.25) is 0 Å². The summed E-state index contributed by atoms with van der Waals surface area (Å²) in [7, 11) is 0. The zero-order valence-electron chi connectivity index (χ0n) is 13.0. The van der Waals surface area contributed by atoms with Crippen LogP contribution in [0.25, 0.3) is 11.3 Å². The maximum absolute atomic E-state index is 6.37. The lowest BCUT2D eigenvalue weighted by Gasteiger charge is -2.09. The predicted molar refractivity (Wildman–Crippen MR) is 85.8 cm³/mol. The van der Waals surface area contributed by atoms with Crippen molar-refractivity contribution in [1.29, 1.82) is 0 Å². The quantitative estimate of drug-likeness (QED) is 0.889. The molecule has 0 saturated carbocycles. The molecule has 0 spiro atoms. The van der Waals surface area contributed by atoms with Gasteiger partial charge in [0, 0.05) is 18.5 Å². The highest BCUT2D eigenvalue weighted by Gasteiger charge is 2.16. The number of unbranched alkanes of at least 4 members (excludes halogenated alkanes) is 1. The molecule has 0 radical (unpaired) electrons. The predicted octanol–water partition coefficient (Wildman–Crippen LogP) is 4.11. The Labute approximate surface area is 121 Å². The van der Waals surface area contributed by atoms with E-state index < -0.39 is 0 Å². The summed E-state index contributed by atoms with van der Waals surface area (Å²) in [5, 5.41) is 0. The topological polar surface area (TPSA) is 43.8 Å². The summed E-state index contributed by atoms with van der Waals surface area (Å²) < 4.78 is 2.18. The Morgan fingerprint density at radius 1 is 1.20 bits per heavy atom. The molecule has 0 aliphatic heterocycles. The molecule has 0 aliphatic carbocycles. The number of imidazole rings is 1. The molecule has 1 heterocycles. The molecule has 0 atom stereocenters. The Bertz CT molecular complexity index is 597. The SMILES string of the molecule is CCCCn1c(CC)nc(-c2cccc(C)c2C)c1N. The van der Waals surface area contributed by atoms with Crippen LogP contribution in [-0.4, -0.2) is 9.55 Å². The van der Waals surface area contributed by atoms with Gasteiger partial charge in [-0.05, 0) is 31.4 Å². The van der Waals surface area contributed by atoms with Crippen LogP contribution < -0.4 is 5.73 Å². The molecule has 0 amide bonds. The van der Waals surface area contributed by atoms with Crippen LogP contribution in [0.5, 0.6) is 0 Å². The molecule has 108 valence electrons. The van der Waals surface area contributed by atoms with Crippen LogP contribution in [-0.2, 0) is 13.0 Å². The lowest BCUT2D eigenvalue weighted by atomic mass is 10.0. The van der Waals surface area contributed by atoms with E-state index in [0.717, 1.165) is 42.3 Å². The number of hydrogen-bond donors (Lipinski definition) is 1. The van der Waals surface area contributed by atoms with Gasteiger partial charge >= 0.3 is 0 Å². The largest absolute Gasteiger partial charge is 0.383 e. The zero-order valence-corrected chi connectivity index (χ0v) is 13.0. The van der Waals surface area contributed by atoms with Crippen molar-refractivity contribution in [2.24, 2.45) is 0 Å². The second kappa shape index (κ2) is 6.12. The second-order valence-electron chi connectivity index (χ2n) is 5.37. The Hall–Kier alpha value is -1.77. The van der Waals surface area contributed by atoms with Crippen LogP contribution in [0.2, 0.25) is 0 Å². The maximum Gasteiger partial charge on any atom is 0.131 e. The standard InChI is InChI=1S/C17H25N3/c1-5-7-11-20-15(6-2)19-16(17(20)18)14-10-8-9-12(3)13(14)4/h8-10H,5-7,11,18H2,1-4H3. The fraction of sp³-hybridized carbons (Fsp3) is 0.471. The van der Waals surface area contributed by atoms with Crippen LogP contribution in [0, 0.1) is 13.8 Å². The Balaban J connectivity index is 2.52. The van der Waals surface area contributed by atoms with Gasteiger partial charge in [-0.2, -0.15) is 0 Å². The van der Waals surface area contributed by atoms with Crippen molar-refractivity contribution in [2.45, 2.75) is 53.5 Å². The molecule has 2 rings (SSSR count). The number of hydrogen-bond acceptors (Lipinski definition) is 2. The van der Waals surface area contributed by atoms with E-state index in [1.54, 1.807) is 0 Å². The van der Waals surface area contributed by atoms with E-state index in [-0.39, 0.29) is 0 Å². The number of aryl methyl sites for hydroxylation is 2. The van der Waals surface area contributed by atoms with E-state index in [4.69, 9.17) is 10.7 Å². The highest BCUT2D eigenvalue weighted by atomic mass is 15.1. The van der Waals surface area contributed by atoms with Crippen LogP contribution >= 0.6 is 0 Å². The first kappa shape index (κ1) is 14.6. The summed E-state index contributed by atoms with van der Waals surface area (Å²) in [5.74, 6) is 1.90. The van der Waals surface area contributed by atoms with Crippen molar-refractivity contribution in [2.75, 3.05) is 5.73 Å². The lowest BCUT2D eigenvalue weighted by Crippen LogP contribution is -2.06. The summed E-state index contributed by atoms with van der Waals surface area (Å²) >= 11 is 0. The number of nitrogen functional groups attached to an aromatic ring is 1. The fourth-order valence-corrected chi connectivity index (χ4v) is 2.56. The molecule has 2 N–H and O–H groups in total. The maximum atomic E-state index is 6.37. The van der Waals surface area contributed by atoms with Gasteiger partial charge in [-0.25, -0.2) is 4.98 Å². The Kier molecular flexibility index (Phi) is 4.48.